The molecular weight excluding hydrogens is 381 g/mol. The van der Waals surface area contributed by atoms with E-state index in [0.29, 0.717) is 36.2 Å². The maximum atomic E-state index is 13.3. The summed E-state index contributed by atoms with van der Waals surface area (Å²) in [5, 5.41) is 1.02. The van der Waals surface area contributed by atoms with Gasteiger partial charge in [0.15, 0.2) is 0 Å². The standard InChI is InChI=1S/C17H19Cl2N3O2S/c18-13-5-6-14(15(19)12-13)17-16-4-3-7-20(16)10-11-22(17)25(23,24)21-8-1-2-9-21/h3-7,12,17H,1-2,8-11H2. The zero-order valence-electron chi connectivity index (χ0n) is 13.6. The molecule has 0 radical (unpaired) electrons. The molecule has 3 heterocycles. The fourth-order valence-corrected chi connectivity index (χ4v) is 6.04. The molecule has 2 aliphatic rings. The molecule has 1 atom stereocenters. The van der Waals surface area contributed by atoms with Crippen molar-refractivity contribution in [2.24, 2.45) is 0 Å². The second kappa shape index (κ2) is 6.59. The van der Waals surface area contributed by atoms with Gasteiger partial charge in [-0.2, -0.15) is 17.0 Å². The maximum Gasteiger partial charge on any atom is 0.282 e. The molecule has 5 nitrogen and oxygen atoms in total. The van der Waals surface area contributed by atoms with Crippen LogP contribution < -0.4 is 0 Å². The highest BCUT2D eigenvalue weighted by molar-refractivity contribution is 7.86. The first-order chi connectivity index (χ1) is 12.0. The normalized spacial score (nSPS) is 22.2. The van der Waals surface area contributed by atoms with Crippen molar-refractivity contribution < 1.29 is 8.42 Å². The Bertz CT molecular complexity index is 891. The number of halogens is 2. The first-order valence-electron chi connectivity index (χ1n) is 8.35. The summed E-state index contributed by atoms with van der Waals surface area (Å²) in [4.78, 5) is 0. The molecule has 25 heavy (non-hydrogen) atoms. The predicted molar refractivity (Wildman–Crippen MR) is 99.2 cm³/mol. The van der Waals surface area contributed by atoms with Crippen LogP contribution >= 0.6 is 23.2 Å². The monoisotopic (exact) mass is 399 g/mol. The number of benzene rings is 1. The zero-order valence-corrected chi connectivity index (χ0v) is 15.9. The summed E-state index contributed by atoms with van der Waals surface area (Å²) in [5.74, 6) is 0. The average Bonchev–Trinajstić information content (AvgIpc) is 3.26. The van der Waals surface area contributed by atoms with Gasteiger partial charge in [-0.1, -0.05) is 29.3 Å². The Balaban J connectivity index is 1.83. The number of rotatable bonds is 3. The molecular formula is C17H19Cl2N3O2S. The topological polar surface area (TPSA) is 45.6 Å². The summed E-state index contributed by atoms with van der Waals surface area (Å²) in [6.07, 6.45) is 3.80. The molecule has 0 N–H and O–H groups in total. The highest BCUT2D eigenvalue weighted by Gasteiger charge is 2.41. The van der Waals surface area contributed by atoms with Gasteiger partial charge in [-0.15, -0.1) is 0 Å². The van der Waals surface area contributed by atoms with Crippen molar-refractivity contribution in [2.75, 3.05) is 19.6 Å². The number of fused-ring (bicyclic) bond motifs is 1. The Labute approximate surface area is 157 Å². The van der Waals surface area contributed by atoms with Crippen LogP contribution in [0.1, 0.15) is 30.1 Å². The molecule has 2 aliphatic heterocycles. The average molecular weight is 400 g/mol. The Morgan fingerprint density at radius 1 is 1.00 bits per heavy atom. The highest BCUT2D eigenvalue weighted by Crippen LogP contribution is 2.39. The third-order valence-electron chi connectivity index (χ3n) is 4.94. The van der Waals surface area contributed by atoms with Crippen LogP contribution in [0.25, 0.3) is 0 Å². The Morgan fingerprint density at radius 3 is 2.48 bits per heavy atom. The van der Waals surface area contributed by atoms with Gasteiger partial charge in [0.1, 0.15) is 0 Å². The molecule has 0 saturated carbocycles. The molecule has 8 heteroatoms. The first-order valence-corrected chi connectivity index (χ1v) is 10.5. The lowest BCUT2D eigenvalue weighted by molar-refractivity contribution is 0.275. The fraction of sp³-hybridized carbons (Fsp3) is 0.412. The van der Waals surface area contributed by atoms with Crippen LogP contribution in [0.2, 0.25) is 10.0 Å². The minimum atomic E-state index is -3.54. The molecule has 1 fully saturated rings. The van der Waals surface area contributed by atoms with E-state index >= 15 is 0 Å². The molecule has 0 amide bonds. The zero-order chi connectivity index (χ0) is 17.6. The number of hydrogen-bond donors (Lipinski definition) is 0. The van der Waals surface area contributed by atoms with Crippen molar-refractivity contribution in [1.82, 2.24) is 13.2 Å². The molecule has 2 aromatic rings. The highest BCUT2D eigenvalue weighted by atomic mass is 35.5. The molecule has 1 aromatic heterocycles. The SMILES string of the molecule is O=S(=O)(N1CCCC1)N1CCn2cccc2C1c1ccc(Cl)cc1Cl. The third kappa shape index (κ3) is 3.00. The smallest absolute Gasteiger partial charge is 0.282 e. The van der Waals surface area contributed by atoms with Crippen molar-refractivity contribution in [1.29, 1.82) is 0 Å². The first kappa shape index (κ1) is 17.4. The summed E-state index contributed by atoms with van der Waals surface area (Å²) in [5.41, 5.74) is 1.69. The van der Waals surface area contributed by atoms with Crippen LogP contribution in [0.3, 0.4) is 0 Å². The van der Waals surface area contributed by atoms with E-state index in [1.54, 1.807) is 20.7 Å². The lowest BCUT2D eigenvalue weighted by Crippen LogP contribution is -2.48. The van der Waals surface area contributed by atoms with E-state index < -0.39 is 16.3 Å². The lowest BCUT2D eigenvalue weighted by atomic mass is 10.0. The second-order valence-electron chi connectivity index (χ2n) is 6.42. The van der Waals surface area contributed by atoms with Gasteiger partial charge in [-0.05, 0) is 42.7 Å². The van der Waals surface area contributed by atoms with Gasteiger partial charge in [0.2, 0.25) is 0 Å². The van der Waals surface area contributed by atoms with E-state index in [2.05, 4.69) is 4.57 Å². The Morgan fingerprint density at radius 2 is 1.76 bits per heavy atom. The van der Waals surface area contributed by atoms with Crippen LogP contribution in [-0.4, -0.2) is 41.2 Å². The molecule has 1 aromatic carbocycles. The van der Waals surface area contributed by atoms with Crippen molar-refractivity contribution in [3.8, 4) is 0 Å². The van der Waals surface area contributed by atoms with E-state index in [1.807, 2.05) is 24.4 Å². The van der Waals surface area contributed by atoms with Gasteiger partial charge in [0.05, 0.1) is 6.04 Å². The van der Waals surface area contributed by atoms with E-state index in [-0.39, 0.29) is 0 Å². The van der Waals surface area contributed by atoms with Crippen molar-refractivity contribution in [2.45, 2.75) is 25.4 Å². The van der Waals surface area contributed by atoms with E-state index in [9.17, 15) is 8.42 Å². The van der Waals surface area contributed by atoms with Crippen molar-refractivity contribution in [3.05, 3.63) is 57.8 Å². The molecule has 134 valence electrons. The largest absolute Gasteiger partial charge is 0.348 e. The predicted octanol–water partition coefficient (Wildman–Crippen LogP) is 3.54. The van der Waals surface area contributed by atoms with Gasteiger partial charge in [0.25, 0.3) is 10.2 Å². The maximum absolute atomic E-state index is 13.3. The van der Waals surface area contributed by atoms with Crippen molar-refractivity contribution in [3.63, 3.8) is 0 Å². The van der Waals surface area contributed by atoms with E-state index in [1.165, 1.54) is 0 Å². The number of aromatic nitrogens is 1. The van der Waals surface area contributed by atoms with Crippen LogP contribution in [0.5, 0.6) is 0 Å². The van der Waals surface area contributed by atoms with Gasteiger partial charge in [-0.25, -0.2) is 0 Å². The minimum Gasteiger partial charge on any atom is -0.348 e. The summed E-state index contributed by atoms with van der Waals surface area (Å²) in [7, 11) is -3.54. The summed E-state index contributed by atoms with van der Waals surface area (Å²) < 4.78 is 31.8. The van der Waals surface area contributed by atoms with Crippen LogP contribution in [0, 0.1) is 0 Å². The van der Waals surface area contributed by atoms with Crippen LogP contribution in [0.4, 0.5) is 0 Å². The minimum absolute atomic E-state index is 0.421. The van der Waals surface area contributed by atoms with Crippen LogP contribution in [-0.2, 0) is 16.8 Å². The van der Waals surface area contributed by atoms with E-state index in [4.69, 9.17) is 23.2 Å². The fourth-order valence-electron chi connectivity index (χ4n) is 3.72. The molecule has 1 saturated heterocycles. The summed E-state index contributed by atoms with van der Waals surface area (Å²) >= 11 is 12.5. The summed E-state index contributed by atoms with van der Waals surface area (Å²) in [6, 6.07) is 8.70. The molecule has 0 aliphatic carbocycles. The third-order valence-corrected chi connectivity index (χ3v) is 7.51. The van der Waals surface area contributed by atoms with Gasteiger partial charge < -0.3 is 4.57 Å². The Hall–Kier alpha value is -1.05. The van der Waals surface area contributed by atoms with Gasteiger partial charge in [-0.3, -0.25) is 0 Å². The number of nitrogens with zero attached hydrogens (tertiary/aromatic N) is 3. The number of hydrogen-bond acceptors (Lipinski definition) is 2. The molecule has 0 bridgehead atoms. The Kier molecular flexibility index (Phi) is 4.58. The van der Waals surface area contributed by atoms with Gasteiger partial charge >= 0.3 is 0 Å². The lowest BCUT2D eigenvalue weighted by Gasteiger charge is -2.38. The van der Waals surface area contributed by atoms with Gasteiger partial charge in [0, 0.05) is 48.1 Å². The van der Waals surface area contributed by atoms with E-state index in [0.717, 1.165) is 24.1 Å². The quantitative estimate of drug-likeness (QED) is 0.791. The second-order valence-corrected chi connectivity index (χ2v) is 9.14. The molecule has 1 unspecified atom stereocenters. The summed E-state index contributed by atoms with van der Waals surface area (Å²) in [6.45, 7) is 2.23. The van der Waals surface area contributed by atoms with Crippen LogP contribution in [0.15, 0.2) is 36.5 Å². The molecule has 0 spiro atoms. The van der Waals surface area contributed by atoms with Crippen molar-refractivity contribution >= 4 is 33.4 Å². The molecule has 4 rings (SSSR count).